The first-order chi connectivity index (χ1) is 30.5. The summed E-state index contributed by atoms with van der Waals surface area (Å²) in [6.07, 6.45) is 16.6. The molecular formula is C60H50N2. The monoisotopic (exact) mass is 798 g/mol. The number of aryl methyl sites for hydroxylation is 1. The molecule has 0 saturated carbocycles. The highest BCUT2D eigenvalue weighted by atomic mass is 15.2. The summed E-state index contributed by atoms with van der Waals surface area (Å²) in [5, 5.41) is 0. The summed E-state index contributed by atoms with van der Waals surface area (Å²) in [5.74, 6) is 0. The Balaban J connectivity index is 0.864. The van der Waals surface area contributed by atoms with Crippen LogP contribution in [0.3, 0.4) is 0 Å². The van der Waals surface area contributed by atoms with Crippen molar-refractivity contribution in [3.8, 4) is 22.3 Å². The van der Waals surface area contributed by atoms with E-state index in [0.717, 1.165) is 34.6 Å². The third kappa shape index (κ3) is 9.52. The number of hydrogen-bond acceptors (Lipinski definition) is 2. The van der Waals surface area contributed by atoms with E-state index in [1.165, 1.54) is 55.9 Å². The molecule has 8 aromatic rings. The molecule has 0 fully saturated rings. The normalized spacial score (nSPS) is 13.6. The average molecular weight is 799 g/mol. The van der Waals surface area contributed by atoms with Gasteiger partial charge in [-0.05, 0) is 125 Å². The van der Waals surface area contributed by atoms with Crippen LogP contribution in [0.5, 0.6) is 0 Å². The van der Waals surface area contributed by atoms with Crippen LogP contribution in [0.2, 0.25) is 0 Å². The van der Waals surface area contributed by atoms with E-state index in [9.17, 15) is 0 Å². The molecule has 300 valence electrons. The number of benzene rings is 8. The van der Waals surface area contributed by atoms with Crippen LogP contribution in [0.1, 0.15) is 41.2 Å². The molecule has 2 nitrogen and oxygen atoms in total. The third-order valence-electron chi connectivity index (χ3n) is 11.6. The highest BCUT2D eigenvalue weighted by molar-refractivity contribution is 5.80. The van der Waals surface area contributed by atoms with Gasteiger partial charge in [0.2, 0.25) is 0 Å². The molecular weight excluding hydrogens is 749 g/mol. The van der Waals surface area contributed by atoms with Crippen molar-refractivity contribution in [1.82, 2.24) is 0 Å². The Morgan fingerprint density at radius 1 is 0.371 bits per heavy atom. The molecule has 0 aromatic heterocycles. The molecule has 0 radical (unpaired) electrons. The van der Waals surface area contributed by atoms with Crippen molar-refractivity contribution in [1.29, 1.82) is 0 Å². The number of nitrogens with zero attached hydrogens (tertiary/aromatic N) is 2. The minimum absolute atomic E-state index is 0.248. The molecule has 0 spiro atoms. The second kappa shape index (κ2) is 18.7. The first-order valence-corrected chi connectivity index (χ1v) is 21.5. The minimum atomic E-state index is 0.248. The Morgan fingerprint density at radius 2 is 0.710 bits per heavy atom. The zero-order valence-corrected chi connectivity index (χ0v) is 35.4. The minimum Gasteiger partial charge on any atom is -0.334 e. The summed E-state index contributed by atoms with van der Waals surface area (Å²) in [6.45, 7) is 4.30. The van der Waals surface area contributed by atoms with Crippen molar-refractivity contribution < 1.29 is 0 Å². The van der Waals surface area contributed by atoms with Crippen LogP contribution in [0.15, 0.2) is 230 Å². The Kier molecular flexibility index (Phi) is 12.0. The van der Waals surface area contributed by atoms with Gasteiger partial charge in [0.1, 0.15) is 0 Å². The molecule has 1 atom stereocenters. The van der Waals surface area contributed by atoms with Crippen LogP contribution in [0.4, 0.5) is 28.4 Å². The zero-order chi connectivity index (χ0) is 42.1. The van der Waals surface area contributed by atoms with E-state index >= 15 is 0 Å². The second-order valence-corrected chi connectivity index (χ2v) is 16.0. The summed E-state index contributed by atoms with van der Waals surface area (Å²) in [4.78, 5) is 4.77. The van der Waals surface area contributed by atoms with E-state index in [1.54, 1.807) is 0 Å². The Hall–Kier alpha value is -7.68. The fourth-order valence-corrected chi connectivity index (χ4v) is 8.04. The summed E-state index contributed by atoms with van der Waals surface area (Å²) in [7, 11) is 0. The fourth-order valence-electron chi connectivity index (χ4n) is 8.04. The first-order valence-electron chi connectivity index (χ1n) is 21.5. The highest BCUT2D eigenvalue weighted by Crippen LogP contribution is 2.37. The van der Waals surface area contributed by atoms with Crippen molar-refractivity contribution in [2.75, 3.05) is 9.80 Å². The quantitative estimate of drug-likeness (QED) is 0.114. The molecule has 0 aliphatic heterocycles. The van der Waals surface area contributed by atoms with Gasteiger partial charge >= 0.3 is 0 Å². The van der Waals surface area contributed by atoms with Crippen LogP contribution < -0.4 is 9.80 Å². The lowest BCUT2D eigenvalue weighted by Gasteiger charge is -2.33. The van der Waals surface area contributed by atoms with E-state index in [-0.39, 0.29) is 6.04 Å². The van der Waals surface area contributed by atoms with Gasteiger partial charge in [-0.2, -0.15) is 0 Å². The number of hydrogen-bond donors (Lipinski definition) is 0. The van der Waals surface area contributed by atoms with Crippen molar-refractivity contribution in [3.63, 3.8) is 0 Å². The smallest absolute Gasteiger partial charge is 0.0560 e. The van der Waals surface area contributed by atoms with Crippen molar-refractivity contribution in [2.45, 2.75) is 26.3 Å². The molecule has 62 heavy (non-hydrogen) atoms. The maximum atomic E-state index is 2.45. The molecule has 0 saturated heterocycles. The van der Waals surface area contributed by atoms with Gasteiger partial charge in [-0.3, -0.25) is 0 Å². The maximum absolute atomic E-state index is 2.45. The van der Waals surface area contributed by atoms with Gasteiger partial charge in [-0.15, -0.1) is 0 Å². The second-order valence-electron chi connectivity index (χ2n) is 16.0. The van der Waals surface area contributed by atoms with Crippen LogP contribution in [-0.2, 0) is 0 Å². The summed E-state index contributed by atoms with van der Waals surface area (Å²) in [6, 6.07) is 74.3. The van der Waals surface area contributed by atoms with Gasteiger partial charge in [-0.25, -0.2) is 0 Å². The molecule has 0 bridgehead atoms. The highest BCUT2D eigenvalue weighted by Gasteiger charge is 2.20. The van der Waals surface area contributed by atoms with Crippen LogP contribution >= 0.6 is 0 Å². The molecule has 0 heterocycles. The number of anilines is 5. The summed E-state index contributed by atoms with van der Waals surface area (Å²) >= 11 is 0. The SMILES string of the molecule is CC1=CCC(N(c2ccc(C=Cc3ccc(C=Cc4ccc(N(c5ccc(C)cc5)c5ccc(-c6ccccc6)cc5)cc4)cc3)cc2)c2ccc(-c3ccccc3)cc2)C=C1. The molecule has 1 aliphatic carbocycles. The van der Waals surface area contributed by atoms with Gasteiger partial charge < -0.3 is 9.80 Å². The zero-order valence-electron chi connectivity index (χ0n) is 35.4. The predicted octanol–water partition coefficient (Wildman–Crippen LogP) is 16.6. The van der Waals surface area contributed by atoms with Crippen molar-refractivity contribution in [3.05, 3.63) is 258 Å². The summed E-state index contributed by atoms with van der Waals surface area (Å²) in [5.41, 5.74) is 17.8. The van der Waals surface area contributed by atoms with Gasteiger partial charge in [0, 0.05) is 28.4 Å². The van der Waals surface area contributed by atoms with E-state index in [1.807, 2.05) is 0 Å². The van der Waals surface area contributed by atoms with E-state index in [4.69, 9.17) is 0 Å². The fraction of sp³-hybridized carbons (Fsp3) is 0.0667. The summed E-state index contributed by atoms with van der Waals surface area (Å²) < 4.78 is 0. The predicted molar refractivity (Wildman–Crippen MR) is 267 cm³/mol. The van der Waals surface area contributed by atoms with Gasteiger partial charge in [0.25, 0.3) is 0 Å². The molecule has 1 aliphatic rings. The van der Waals surface area contributed by atoms with Crippen LogP contribution in [0.25, 0.3) is 46.6 Å². The van der Waals surface area contributed by atoms with Gasteiger partial charge in [-0.1, -0.05) is 199 Å². The molecule has 1 unspecified atom stereocenters. The molecule has 9 rings (SSSR count). The lowest BCUT2D eigenvalue weighted by Crippen LogP contribution is -2.30. The lowest BCUT2D eigenvalue weighted by atomic mass is 10.00. The Bertz CT molecular complexity index is 2810. The van der Waals surface area contributed by atoms with E-state index < -0.39 is 0 Å². The van der Waals surface area contributed by atoms with Crippen molar-refractivity contribution in [2.24, 2.45) is 0 Å². The molecule has 8 aromatic carbocycles. The number of rotatable bonds is 12. The first kappa shape index (κ1) is 39.8. The molecule has 0 amide bonds. The van der Waals surface area contributed by atoms with E-state index in [0.29, 0.717) is 0 Å². The Morgan fingerprint density at radius 3 is 1.11 bits per heavy atom. The van der Waals surface area contributed by atoms with Crippen LogP contribution in [-0.4, -0.2) is 6.04 Å². The standard InChI is InChI=1S/C60H50N2/c1-45-13-33-55(34-14-45)61(59-41-29-53(30-42-59)51-9-5-3-6-10-51)57-37-25-49(26-38-57)23-21-47-17-19-48(20-18-47)22-24-50-27-39-58(40-28-50)62(56-35-15-46(2)16-36-56)60-43-31-54(32-44-60)52-11-7-4-8-12-52/h3-35,37-44,56H,36H2,1-2H3. The van der Waals surface area contributed by atoms with Crippen LogP contribution in [0, 0.1) is 6.92 Å². The maximum Gasteiger partial charge on any atom is 0.0560 e. The van der Waals surface area contributed by atoms with Crippen molar-refractivity contribution >= 4 is 52.7 Å². The molecule has 2 heteroatoms. The number of allylic oxidation sites excluding steroid dienone is 2. The Labute approximate surface area is 367 Å². The third-order valence-corrected chi connectivity index (χ3v) is 11.6. The molecule has 0 N–H and O–H groups in total. The largest absolute Gasteiger partial charge is 0.334 e. The topological polar surface area (TPSA) is 6.48 Å². The lowest BCUT2D eigenvalue weighted by molar-refractivity contribution is 0.779. The van der Waals surface area contributed by atoms with Gasteiger partial charge in [0.15, 0.2) is 0 Å². The van der Waals surface area contributed by atoms with Gasteiger partial charge in [0.05, 0.1) is 6.04 Å². The average Bonchev–Trinajstić information content (AvgIpc) is 3.34. The van der Waals surface area contributed by atoms with E-state index in [2.05, 4.69) is 272 Å².